The normalized spacial score (nSPS) is 11.5. The van der Waals surface area contributed by atoms with Gasteiger partial charge in [0, 0.05) is 5.56 Å². The molecule has 3 rings (SSSR count). The Kier molecular flexibility index (Phi) is 7.79. The monoisotopic (exact) mass is 503 g/mol. The number of carbonyl (C=O) groups is 1. The van der Waals surface area contributed by atoms with Crippen LogP contribution in [-0.4, -0.2) is 27.1 Å². The Morgan fingerprint density at radius 3 is 2.21 bits per heavy atom. The summed E-state index contributed by atoms with van der Waals surface area (Å²) in [6, 6.07) is 16.7. The molecule has 0 atom stereocenters. The van der Waals surface area contributed by atoms with Crippen molar-refractivity contribution in [1.29, 1.82) is 0 Å². The van der Waals surface area contributed by atoms with Crippen molar-refractivity contribution in [3.63, 3.8) is 0 Å². The van der Waals surface area contributed by atoms with Gasteiger partial charge in [-0.15, -0.1) is 0 Å². The summed E-state index contributed by atoms with van der Waals surface area (Å²) >= 11 is 12.2. The van der Waals surface area contributed by atoms with E-state index in [9.17, 15) is 13.2 Å². The maximum atomic E-state index is 13.4. The maximum Gasteiger partial charge on any atom is 0.264 e. The lowest BCUT2D eigenvalue weighted by Gasteiger charge is -2.24. The topological polar surface area (TPSA) is 78.8 Å². The molecule has 0 aliphatic rings. The number of hydrogen-bond acceptors (Lipinski definition) is 4. The van der Waals surface area contributed by atoms with Gasteiger partial charge in [0.25, 0.3) is 15.9 Å². The third-order valence-electron chi connectivity index (χ3n) is 5.06. The molecule has 0 bridgehead atoms. The number of hydrazone groups is 1. The molecule has 6 nitrogen and oxygen atoms in total. The minimum absolute atomic E-state index is 0.0884. The summed E-state index contributed by atoms with van der Waals surface area (Å²) in [6.45, 7) is 5.22. The summed E-state index contributed by atoms with van der Waals surface area (Å²) in [5.74, 6) is -0.622. The molecule has 0 fully saturated rings. The van der Waals surface area contributed by atoms with Crippen LogP contribution in [-0.2, 0) is 14.8 Å². The first kappa shape index (κ1) is 24.8. The zero-order valence-electron chi connectivity index (χ0n) is 18.3. The van der Waals surface area contributed by atoms with E-state index < -0.39 is 22.5 Å². The molecule has 1 N–H and O–H groups in total. The number of carbonyl (C=O) groups excluding carboxylic acids is 1. The van der Waals surface area contributed by atoms with Crippen molar-refractivity contribution in [3.8, 4) is 0 Å². The minimum Gasteiger partial charge on any atom is -0.271 e. The zero-order valence-corrected chi connectivity index (χ0v) is 20.7. The summed E-state index contributed by atoms with van der Waals surface area (Å²) in [5, 5.41) is 4.64. The predicted molar refractivity (Wildman–Crippen MR) is 134 cm³/mol. The highest BCUT2D eigenvalue weighted by Crippen LogP contribution is 2.26. The van der Waals surface area contributed by atoms with Crippen LogP contribution >= 0.6 is 23.2 Å². The van der Waals surface area contributed by atoms with Crippen molar-refractivity contribution in [1.82, 2.24) is 5.43 Å². The number of amides is 1. The number of halogens is 2. The quantitative estimate of drug-likeness (QED) is 0.352. The van der Waals surface area contributed by atoms with Crippen LogP contribution in [0.3, 0.4) is 0 Å². The zero-order chi connectivity index (χ0) is 24.2. The number of aryl methyl sites for hydroxylation is 3. The summed E-state index contributed by atoms with van der Waals surface area (Å²) in [6.07, 6.45) is 1.32. The van der Waals surface area contributed by atoms with Gasteiger partial charge in [0.05, 0.1) is 26.8 Å². The number of benzene rings is 3. The average molecular weight is 504 g/mol. The van der Waals surface area contributed by atoms with E-state index in [1.165, 1.54) is 18.3 Å². The Hall–Kier alpha value is -2.87. The second kappa shape index (κ2) is 10.4. The molecule has 0 saturated heterocycles. The van der Waals surface area contributed by atoms with E-state index in [0.717, 1.165) is 21.0 Å². The van der Waals surface area contributed by atoms with Gasteiger partial charge in [-0.3, -0.25) is 9.10 Å². The molecule has 9 heteroatoms. The molecule has 33 heavy (non-hydrogen) atoms. The standard InChI is InChI=1S/C24H23Cl2N3O3S/c1-16-7-11-20(12-8-16)33(31,32)29(19-10-9-17(2)18(3)13-19)15-24(30)28-27-14-21-22(25)5-4-6-23(21)26/h4-14H,15H2,1-3H3,(H,28,30)/b27-14-. The first-order chi connectivity index (χ1) is 15.6. The SMILES string of the molecule is Cc1ccc(S(=O)(=O)N(CC(=O)N/N=C\c2c(Cl)cccc2Cl)c2ccc(C)c(C)c2)cc1. The highest BCUT2D eigenvalue weighted by atomic mass is 35.5. The predicted octanol–water partition coefficient (Wildman–Crippen LogP) is 5.26. The lowest BCUT2D eigenvalue weighted by atomic mass is 10.1. The maximum absolute atomic E-state index is 13.4. The summed E-state index contributed by atoms with van der Waals surface area (Å²) in [5.41, 5.74) is 6.02. The van der Waals surface area contributed by atoms with Gasteiger partial charge in [-0.25, -0.2) is 13.8 Å². The summed E-state index contributed by atoms with van der Waals surface area (Å²) in [4.78, 5) is 12.8. The van der Waals surface area contributed by atoms with Crippen LogP contribution in [0.15, 0.2) is 70.7 Å². The van der Waals surface area contributed by atoms with Crippen LogP contribution < -0.4 is 9.73 Å². The van der Waals surface area contributed by atoms with Crippen LogP contribution in [0.1, 0.15) is 22.3 Å². The van der Waals surface area contributed by atoms with E-state index in [-0.39, 0.29) is 4.90 Å². The molecule has 0 saturated carbocycles. The van der Waals surface area contributed by atoms with Crippen LogP contribution in [0, 0.1) is 20.8 Å². The van der Waals surface area contributed by atoms with Gasteiger partial charge in [-0.2, -0.15) is 5.10 Å². The van der Waals surface area contributed by atoms with Crippen molar-refractivity contribution < 1.29 is 13.2 Å². The van der Waals surface area contributed by atoms with E-state index >= 15 is 0 Å². The first-order valence-corrected chi connectivity index (χ1v) is 12.2. The molecule has 0 unspecified atom stereocenters. The molecule has 0 radical (unpaired) electrons. The minimum atomic E-state index is -4.01. The van der Waals surface area contributed by atoms with Crippen LogP contribution in [0.5, 0.6) is 0 Å². The molecule has 0 heterocycles. The van der Waals surface area contributed by atoms with Crippen LogP contribution in [0.25, 0.3) is 0 Å². The molecule has 0 spiro atoms. The number of rotatable bonds is 7. The van der Waals surface area contributed by atoms with Gasteiger partial charge in [-0.05, 0) is 68.3 Å². The number of hydrogen-bond donors (Lipinski definition) is 1. The Labute approximate surface area is 203 Å². The summed E-state index contributed by atoms with van der Waals surface area (Å²) in [7, 11) is -4.01. The lowest BCUT2D eigenvalue weighted by molar-refractivity contribution is -0.119. The second-order valence-corrected chi connectivity index (χ2v) is 10.2. The van der Waals surface area contributed by atoms with Gasteiger partial charge < -0.3 is 0 Å². The Morgan fingerprint density at radius 2 is 1.61 bits per heavy atom. The number of nitrogens with zero attached hydrogens (tertiary/aromatic N) is 2. The van der Waals surface area contributed by atoms with E-state index in [4.69, 9.17) is 23.2 Å². The average Bonchev–Trinajstić information content (AvgIpc) is 2.76. The molecule has 0 aromatic heterocycles. The summed E-state index contributed by atoms with van der Waals surface area (Å²) < 4.78 is 27.9. The number of anilines is 1. The molecule has 3 aromatic rings. The Balaban J connectivity index is 1.89. The van der Waals surface area contributed by atoms with Crippen LogP contribution in [0.4, 0.5) is 5.69 Å². The third kappa shape index (κ3) is 5.93. The first-order valence-electron chi connectivity index (χ1n) is 10.0. The lowest BCUT2D eigenvalue weighted by Crippen LogP contribution is -2.39. The third-order valence-corrected chi connectivity index (χ3v) is 7.50. The molecular formula is C24H23Cl2N3O3S. The highest BCUT2D eigenvalue weighted by molar-refractivity contribution is 7.92. The highest BCUT2D eigenvalue weighted by Gasteiger charge is 2.27. The molecule has 172 valence electrons. The fraction of sp³-hybridized carbons (Fsp3) is 0.167. The largest absolute Gasteiger partial charge is 0.271 e. The number of sulfonamides is 1. The van der Waals surface area contributed by atoms with Crippen molar-refractivity contribution in [2.75, 3.05) is 10.8 Å². The Morgan fingerprint density at radius 1 is 0.970 bits per heavy atom. The number of nitrogens with one attached hydrogen (secondary N) is 1. The molecular weight excluding hydrogens is 481 g/mol. The molecule has 3 aromatic carbocycles. The molecule has 0 aliphatic carbocycles. The van der Waals surface area contributed by atoms with E-state index in [1.807, 2.05) is 26.8 Å². The van der Waals surface area contributed by atoms with Gasteiger partial charge >= 0.3 is 0 Å². The van der Waals surface area contributed by atoms with Gasteiger partial charge in [0.2, 0.25) is 0 Å². The van der Waals surface area contributed by atoms with Crippen LogP contribution in [0.2, 0.25) is 10.0 Å². The van der Waals surface area contributed by atoms with E-state index in [0.29, 0.717) is 21.3 Å². The van der Waals surface area contributed by atoms with Crippen molar-refractivity contribution >= 4 is 51.0 Å². The molecule has 0 aliphatic heterocycles. The fourth-order valence-electron chi connectivity index (χ4n) is 3.00. The van der Waals surface area contributed by atoms with Crippen molar-refractivity contribution in [2.24, 2.45) is 5.10 Å². The molecule has 1 amide bonds. The smallest absolute Gasteiger partial charge is 0.264 e. The van der Waals surface area contributed by atoms with E-state index in [1.54, 1.807) is 42.5 Å². The second-order valence-electron chi connectivity index (χ2n) is 7.52. The van der Waals surface area contributed by atoms with Crippen molar-refractivity contribution in [3.05, 3.63) is 93.0 Å². The Bertz CT molecular complexity index is 1290. The van der Waals surface area contributed by atoms with Gasteiger partial charge in [0.15, 0.2) is 0 Å². The van der Waals surface area contributed by atoms with Gasteiger partial charge in [-0.1, -0.05) is 53.0 Å². The fourth-order valence-corrected chi connectivity index (χ4v) is 4.91. The van der Waals surface area contributed by atoms with E-state index in [2.05, 4.69) is 10.5 Å². The van der Waals surface area contributed by atoms with Gasteiger partial charge in [0.1, 0.15) is 6.54 Å². The van der Waals surface area contributed by atoms with Crippen molar-refractivity contribution in [2.45, 2.75) is 25.7 Å².